The summed E-state index contributed by atoms with van der Waals surface area (Å²) in [6.45, 7) is 3.01. The molecule has 0 fully saturated rings. The number of rotatable bonds is 6. The van der Waals surface area contributed by atoms with Crippen LogP contribution < -0.4 is 10.1 Å². The molecule has 4 nitrogen and oxygen atoms in total. The van der Waals surface area contributed by atoms with Gasteiger partial charge < -0.3 is 14.8 Å². The van der Waals surface area contributed by atoms with Crippen LogP contribution >= 0.6 is 0 Å². The SMILES string of the molecule is COCC(=O)NCCOc1ccccc1C. The quantitative estimate of drug-likeness (QED) is 0.736. The second-order valence-corrected chi connectivity index (χ2v) is 3.40. The van der Waals surface area contributed by atoms with Gasteiger partial charge in [-0.15, -0.1) is 0 Å². The lowest BCUT2D eigenvalue weighted by Crippen LogP contribution is -2.30. The first-order chi connectivity index (χ1) is 7.74. The Bertz CT molecular complexity index is 339. The summed E-state index contributed by atoms with van der Waals surface area (Å²) in [6, 6.07) is 7.78. The first-order valence-corrected chi connectivity index (χ1v) is 5.18. The fourth-order valence-corrected chi connectivity index (χ4v) is 1.25. The van der Waals surface area contributed by atoms with Gasteiger partial charge in [0, 0.05) is 7.11 Å². The van der Waals surface area contributed by atoms with Crippen LogP contribution in [0.1, 0.15) is 5.56 Å². The molecule has 0 aromatic heterocycles. The maximum Gasteiger partial charge on any atom is 0.246 e. The summed E-state index contributed by atoms with van der Waals surface area (Å²) in [7, 11) is 1.49. The lowest BCUT2D eigenvalue weighted by atomic mass is 10.2. The van der Waals surface area contributed by atoms with Gasteiger partial charge in [0.1, 0.15) is 19.0 Å². The number of hydrogen-bond acceptors (Lipinski definition) is 3. The van der Waals surface area contributed by atoms with E-state index in [-0.39, 0.29) is 12.5 Å². The van der Waals surface area contributed by atoms with E-state index in [9.17, 15) is 4.79 Å². The van der Waals surface area contributed by atoms with Crippen LogP contribution in [0.3, 0.4) is 0 Å². The normalized spacial score (nSPS) is 9.88. The highest BCUT2D eigenvalue weighted by atomic mass is 16.5. The number of para-hydroxylation sites is 1. The maximum absolute atomic E-state index is 11.0. The number of carbonyl (C=O) groups is 1. The predicted molar refractivity (Wildman–Crippen MR) is 61.6 cm³/mol. The summed E-state index contributed by atoms with van der Waals surface area (Å²) in [5.74, 6) is 0.722. The Morgan fingerprint density at radius 2 is 2.12 bits per heavy atom. The lowest BCUT2D eigenvalue weighted by Gasteiger charge is -2.09. The number of carbonyl (C=O) groups excluding carboxylic acids is 1. The van der Waals surface area contributed by atoms with E-state index < -0.39 is 0 Å². The molecule has 0 saturated heterocycles. The van der Waals surface area contributed by atoms with Crippen molar-refractivity contribution in [3.63, 3.8) is 0 Å². The van der Waals surface area contributed by atoms with E-state index in [1.54, 1.807) is 0 Å². The Morgan fingerprint density at radius 3 is 2.81 bits per heavy atom. The molecule has 1 aromatic rings. The number of nitrogens with one attached hydrogen (secondary N) is 1. The summed E-state index contributed by atoms with van der Waals surface area (Å²) in [4.78, 5) is 11.0. The van der Waals surface area contributed by atoms with Gasteiger partial charge >= 0.3 is 0 Å². The van der Waals surface area contributed by atoms with E-state index in [1.165, 1.54) is 7.11 Å². The van der Waals surface area contributed by atoms with E-state index in [0.717, 1.165) is 11.3 Å². The van der Waals surface area contributed by atoms with Crippen LogP contribution in [0.15, 0.2) is 24.3 Å². The lowest BCUT2D eigenvalue weighted by molar-refractivity contribution is -0.124. The van der Waals surface area contributed by atoms with Gasteiger partial charge in [-0.2, -0.15) is 0 Å². The zero-order valence-electron chi connectivity index (χ0n) is 9.66. The molecule has 0 aliphatic heterocycles. The Kier molecular flexibility index (Phi) is 5.36. The summed E-state index contributed by atoms with van der Waals surface area (Å²) in [6.07, 6.45) is 0. The third-order valence-electron chi connectivity index (χ3n) is 2.05. The van der Waals surface area contributed by atoms with Gasteiger partial charge in [0.2, 0.25) is 5.91 Å². The fourth-order valence-electron chi connectivity index (χ4n) is 1.25. The van der Waals surface area contributed by atoms with Crippen LogP contribution in [-0.2, 0) is 9.53 Å². The number of amides is 1. The van der Waals surface area contributed by atoms with Crippen molar-refractivity contribution in [2.75, 3.05) is 26.9 Å². The molecule has 0 heterocycles. The van der Waals surface area contributed by atoms with Gasteiger partial charge in [0.25, 0.3) is 0 Å². The van der Waals surface area contributed by atoms with Crippen LogP contribution in [0.5, 0.6) is 5.75 Å². The third kappa shape index (κ3) is 4.31. The molecule has 1 N–H and O–H groups in total. The van der Waals surface area contributed by atoms with Gasteiger partial charge in [-0.1, -0.05) is 18.2 Å². The monoisotopic (exact) mass is 223 g/mol. The largest absolute Gasteiger partial charge is 0.491 e. The zero-order valence-corrected chi connectivity index (χ0v) is 9.66. The molecule has 0 unspecified atom stereocenters. The summed E-state index contributed by atoms with van der Waals surface area (Å²) in [5, 5.41) is 2.68. The van der Waals surface area contributed by atoms with Crippen LogP contribution in [0, 0.1) is 6.92 Å². The highest BCUT2D eigenvalue weighted by molar-refractivity contribution is 5.77. The topological polar surface area (TPSA) is 47.6 Å². The molecule has 88 valence electrons. The van der Waals surface area contributed by atoms with E-state index in [0.29, 0.717) is 13.2 Å². The molecule has 1 rings (SSSR count). The van der Waals surface area contributed by atoms with Crippen molar-refractivity contribution >= 4 is 5.91 Å². The summed E-state index contributed by atoms with van der Waals surface area (Å²) < 4.78 is 10.2. The first-order valence-electron chi connectivity index (χ1n) is 5.18. The minimum Gasteiger partial charge on any atom is -0.491 e. The highest BCUT2D eigenvalue weighted by Crippen LogP contribution is 2.15. The van der Waals surface area contributed by atoms with E-state index in [2.05, 4.69) is 10.1 Å². The van der Waals surface area contributed by atoms with Gasteiger partial charge in [-0.05, 0) is 18.6 Å². The molecule has 0 saturated carbocycles. The minimum atomic E-state index is -0.129. The van der Waals surface area contributed by atoms with E-state index >= 15 is 0 Å². The molecular weight excluding hydrogens is 206 g/mol. The van der Waals surface area contributed by atoms with Gasteiger partial charge in [-0.25, -0.2) is 0 Å². The van der Waals surface area contributed by atoms with E-state index in [4.69, 9.17) is 4.74 Å². The van der Waals surface area contributed by atoms with E-state index in [1.807, 2.05) is 31.2 Å². The Labute approximate surface area is 95.6 Å². The number of benzene rings is 1. The standard InChI is InChI=1S/C12H17NO3/c1-10-5-3-4-6-11(10)16-8-7-13-12(14)9-15-2/h3-6H,7-9H2,1-2H3,(H,13,14). The summed E-state index contributed by atoms with van der Waals surface area (Å²) in [5.41, 5.74) is 1.09. The fraction of sp³-hybridized carbons (Fsp3) is 0.417. The molecular formula is C12H17NO3. The number of methoxy groups -OCH3 is 1. The molecule has 0 bridgehead atoms. The molecule has 0 aliphatic carbocycles. The zero-order chi connectivity index (χ0) is 11.8. The average Bonchev–Trinajstić information content (AvgIpc) is 2.27. The number of aryl methyl sites for hydroxylation is 1. The third-order valence-corrected chi connectivity index (χ3v) is 2.05. The van der Waals surface area contributed by atoms with Crippen LogP contribution in [-0.4, -0.2) is 32.8 Å². The molecule has 0 atom stereocenters. The molecule has 16 heavy (non-hydrogen) atoms. The van der Waals surface area contributed by atoms with Crippen molar-refractivity contribution in [1.82, 2.24) is 5.32 Å². The molecule has 0 radical (unpaired) electrons. The molecule has 1 aromatic carbocycles. The molecule has 0 aliphatic rings. The smallest absolute Gasteiger partial charge is 0.246 e. The second kappa shape index (κ2) is 6.85. The Morgan fingerprint density at radius 1 is 1.38 bits per heavy atom. The van der Waals surface area contributed by atoms with Crippen molar-refractivity contribution in [3.05, 3.63) is 29.8 Å². The van der Waals surface area contributed by atoms with Crippen LogP contribution in [0.2, 0.25) is 0 Å². The minimum absolute atomic E-state index is 0.0877. The van der Waals surface area contributed by atoms with Gasteiger partial charge in [0.05, 0.1) is 6.54 Å². The summed E-state index contributed by atoms with van der Waals surface area (Å²) >= 11 is 0. The van der Waals surface area contributed by atoms with Crippen molar-refractivity contribution in [2.45, 2.75) is 6.92 Å². The van der Waals surface area contributed by atoms with Crippen LogP contribution in [0.25, 0.3) is 0 Å². The van der Waals surface area contributed by atoms with Crippen LogP contribution in [0.4, 0.5) is 0 Å². The van der Waals surface area contributed by atoms with Crippen molar-refractivity contribution < 1.29 is 14.3 Å². The van der Waals surface area contributed by atoms with Gasteiger partial charge in [-0.3, -0.25) is 4.79 Å². The molecule has 4 heteroatoms. The van der Waals surface area contributed by atoms with Gasteiger partial charge in [0.15, 0.2) is 0 Å². The Hall–Kier alpha value is -1.55. The predicted octanol–water partition coefficient (Wildman–Crippen LogP) is 1.14. The van der Waals surface area contributed by atoms with Crippen molar-refractivity contribution in [3.8, 4) is 5.75 Å². The van der Waals surface area contributed by atoms with Crippen molar-refractivity contribution in [1.29, 1.82) is 0 Å². The van der Waals surface area contributed by atoms with Crippen molar-refractivity contribution in [2.24, 2.45) is 0 Å². The Balaban J connectivity index is 2.21. The highest BCUT2D eigenvalue weighted by Gasteiger charge is 2.00. The maximum atomic E-state index is 11.0. The molecule has 1 amide bonds. The first kappa shape index (κ1) is 12.5. The molecule has 0 spiro atoms. The second-order valence-electron chi connectivity index (χ2n) is 3.40. The average molecular weight is 223 g/mol. The number of ether oxygens (including phenoxy) is 2. The number of hydrogen-bond donors (Lipinski definition) is 1.